The van der Waals surface area contributed by atoms with Crippen LogP contribution in [0.4, 0.5) is 0 Å². The van der Waals surface area contributed by atoms with Crippen LogP contribution in [0.15, 0.2) is 29.3 Å². The average molecular weight is 270 g/mol. The van der Waals surface area contributed by atoms with Gasteiger partial charge in [-0.3, -0.25) is 4.99 Å². The van der Waals surface area contributed by atoms with Crippen LogP contribution in [0.2, 0.25) is 5.02 Å². The Morgan fingerprint density at radius 3 is 2.94 bits per heavy atom. The molecule has 1 aliphatic rings. The summed E-state index contributed by atoms with van der Waals surface area (Å²) in [6.07, 6.45) is 3.65. The monoisotopic (exact) mass is 269 g/mol. The van der Waals surface area contributed by atoms with Crippen molar-refractivity contribution in [3.63, 3.8) is 0 Å². The van der Waals surface area contributed by atoms with Gasteiger partial charge in [0.25, 0.3) is 0 Å². The van der Waals surface area contributed by atoms with Gasteiger partial charge >= 0.3 is 0 Å². The summed E-state index contributed by atoms with van der Waals surface area (Å²) in [5.41, 5.74) is 0. The van der Waals surface area contributed by atoms with E-state index in [0.29, 0.717) is 11.6 Å². The average Bonchev–Trinajstić information content (AvgIpc) is 2.38. The quantitative estimate of drug-likeness (QED) is 0.770. The molecule has 0 fully saturated rings. The largest absolute Gasteiger partial charge is 0.491 e. The Bertz CT molecular complexity index is 395. The lowest BCUT2D eigenvalue weighted by Gasteiger charge is -2.11. The first-order valence-corrected chi connectivity index (χ1v) is 7.26. The van der Waals surface area contributed by atoms with Gasteiger partial charge < -0.3 is 4.74 Å². The van der Waals surface area contributed by atoms with E-state index < -0.39 is 0 Å². The summed E-state index contributed by atoms with van der Waals surface area (Å²) in [4.78, 5) is 4.49. The van der Waals surface area contributed by atoms with Gasteiger partial charge in [-0.15, -0.1) is 11.8 Å². The maximum absolute atomic E-state index is 6.00. The van der Waals surface area contributed by atoms with E-state index in [2.05, 4.69) is 4.99 Å². The van der Waals surface area contributed by atoms with Gasteiger partial charge in [-0.25, -0.2) is 0 Å². The number of halogens is 1. The maximum atomic E-state index is 6.00. The molecule has 17 heavy (non-hydrogen) atoms. The minimum atomic E-state index is 0.674. The third kappa shape index (κ3) is 4.25. The molecule has 0 N–H and O–H groups in total. The van der Waals surface area contributed by atoms with Gasteiger partial charge in [-0.2, -0.15) is 0 Å². The lowest BCUT2D eigenvalue weighted by Crippen LogP contribution is -2.06. The van der Waals surface area contributed by atoms with Crippen LogP contribution in [0, 0.1) is 0 Å². The third-order valence-electron chi connectivity index (χ3n) is 2.53. The highest BCUT2D eigenvalue weighted by Crippen LogP contribution is 2.23. The molecule has 1 heterocycles. The van der Waals surface area contributed by atoms with E-state index in [1.165, 1.54) is 17.9 Å². The number of benzene rings is 1. The van der Waals surface area contributed by atoms with Gasteiger partial charge in [-0.05, 0) is 31.4 Å². The van der Waals surface area contributed by atoms with Gasteiger partial charge in [0.15, 0.2) is 0 Å². The summed E-state index contributed by atoms with van der Waals surface area (Å²) < 4.78 is 5.62. The summed E-state index contributed by atoms with van der Waals surface area (Å²) in [5, 5.41) is 1.95. The molecule has 0 atom stereocenters. The van der Waals surface area contributed by atoms with Crippen LogP contribution in [0.3, 0.4) is 0 Å². The van der Waals surface area contributed by atoms with E-state index >= 15 is 0 Å². The molecule has 92 valence electrons. The molecule has 1 aromatic rings. The number of thioether (sulfide) groups is 1. The van der Waals surface area contributed by atoms with Crippen molar-refractivity contribution in [2.24, 2.45) is 4.99 Å². The molecule has 0 amide bonds. The number of hydrogen-bond acceptors (Lipinski definition) is 3. The Hall–Kier alpha value is -0.670. The molecule has 0 saturated carbocycles. The van der Waals surface area contributed by atoms with E-state index in [1.807, 2.05) is 24.3 Å². The fourth-order valence-corrected chi connectivity index (χ4v) is 2.73. The first-order valence-electron chi connectivity index (χ1n) is 5.90. The number of hydrogen-bond donors (Lipinski definition) is 0. The molecule has 0 bridgehead atoms. The third-order valence-corrected chi connectivity index (χ3v) is 3.88. The smallest absolute Gasteiger partial charge is 0.137 e. The lowest BCUT2D eigenvalue weighted by molar-refractivity contribution is 0.344. The number of para-hydroxylation sites is 1. The first-order chi connectivity index (χ1) is 8.36. The highest BCUT2D eigenvalue weighted by molar-refractivity contribution is 8.13. The molecule has 0 aliphatic carbocycles. The fourth-order valence-electron chi connectivity index (χ4n) is 1.66. The minimum Gasteiger partial charge on any atom is -0.491 e. The van der Waals surface area contributed by atoms with Crippen LogP contribution in [-0.4, -0.2) is 23.9 Å². The topological polar surface area (TPSA) is 21.6 Å². The molecule has 1 aliphatic heterocycles. The van der Waals surface area contributed by atoms with Gasteiger partial charge in [0.05, 0.1) is 16.7 Å². The Morgan fingerprint density at radius 1 is 1.29 bits per heavy atom. The van der Waals surface area contributed by atoms with Crippen molar-refractivity contribution in [1.82, 2.24) is 0 Å². The molecule has 4 heteroatoms. The van der Waals surface area contributed by atoms with Crippen molar-refractivity contribution < 1.29 is 4.74 Å². The van der Waals surface area contributed by atoms with Crippen molar-refractivity contribution >= 4 is 28.4 Å². The Labute approximate surface area is 111 Å². The second kappa shape index (κ2) is 6.92. The van der Waals surface area contributed by atoms with Crippen LogP contribution < -0.4 is 4.74 Å². The van der Waals surface area contributed by atoms with Gasteiger partial charge in [0.1, 0.15) is 5.75 Å². The fraction of sp³-hybridized carbons (Fsp3) is 0.462. The number of ether oxygens (including phenoxy) is 1. The van der Waals surface area contributed by atoms with Crippen LogP contribution >= 0.6 is 23.4 Å². The Kier molecular flexibility index (Phi) is 5.20. The van der Waals surface area contributed by atoms with E-state index in [9.17, 15) is 0 Å². The maximum Gasteiger partial charge on any atom is 0.137 e. The van der Waals surface area contributed by atoms with Gasteiger partial charge in [-0.1, -0.05) is 23.7 Å². The van der Waals surface area contributed by atoms with Crippen LogP contribution in [-0.2, 0) is 0 Å². The zero-order valence-corrected chi connectivity index (χ0v) is 11.3. The predicted octanol–water partition coefficient (Wildman–Crippen LogP) is 4.03. The van der Waals surface area contributed by atoms with Gasteiger partial charge in [0, 0.05) is 12.3 Å². The normalized spacial score (nSPS) is 15.5. The molecule has 0 saturated heterocycles. The molecular formula is C13H16ClNOS. The molecule has 2 nitrogen and oxygen atoms in total. The van der Waals surface area contributed by atoms with Crippen molar-refractivity contribution in [3.05, 3.63) is 29.3 Å². The first kappa shape index (κ1) is 12.8. The van der Waals surface area contributed by atoms with Crippen molar-refractivity contribution in [2.45, 2.75) is 19.3 Å². The summed E-state index contributed by atoms with van der Waals surface area (Å²) in [7, 11) is 0. The van der Waals surface area contributed by atoms with Crippen LogP contribution in [0.1, 0.15) is 19.3 Å². The van der Waals surface area contributed by atoms with Crippen molar-refractivity contribution in [3.8, 4) is 5.75 Å². The minimum absolute atomic E-state index is 0.674. The molecule has 0 unspecified atom stereocenters. The zero-order valence-electron chi connectivity index (χ0n) is 9.69. The van der Waals surface area contributed by atoms with Crippen molar-refractivity contribution in [1.29, 1.82) is 0 Å². The Balaban J connectivity index is 1.69. The van der Waals surface area contributed by atoms with E-state index in [0.717, 1.165) is 24.5 Å². The molecule has 2 rings (SSSR count). The van der Waals surface area contributed by atoms with E-state index in [1.54, 1.807) is 11.8 Å². The Morgan fingerprint density at radius 2 is 2.18 bits per heavy atom. The van der Waals surface area contributed by atoms with E-state index in [4.69, 9.17) is 16.3 Å². The molecular weight excluding hydrogens is 254 g/mol. The number of aliphatic imine (C=N–C) groups is 1. The zero-order chi connectivity index (χ0) is 11.9. The summed E-state index contributed by atoms with van der Waals surface area (Å²) in [6, 6.07) is 7.57. The second-order valence-electron chi connectivity index (χ2n) is 3.86. The second-order valence-corrected chi connectivity index (χ2v) is 5.44. The standard InChI is InChI=1S/C13H16ClNOS/c14-11-5-1-2-6-12(11)16-9-10-17-13-7-3-4-8-15-13/h1-2,5-6H,3-4,7-10H2. The predicted molar refractivity (Wildman–Crippen MR) is 75.6 cm³/mol. The lowest BCUT2D eigenvalue weighted by atomic mass is 10.2. The SMILES string of the molecule is Clc1ccccc1OCCSC1=NCCCC1. The molecule has 1 aromatic carbocycles. The summed E-state index contributed by atoms with van der Waals surface area (Å²) in [6.45, 7) is 1.67. The molecule has 0 aromatic heterocycles. The molecule has 0 spiro atoms. The van der Waals surface area contributed by atoms with Crippen LogP contribution in [0.5, 0.6) is 5.75 Å². The van der Waals surface area contributed by atoms with Gasteiger partial charge in [0.2, 0.25) is 0 Å². The van der Waals surface area contributed by atoms with E-state index in [-0.39, 0.29) is 0 Å². The summed E-state index contributed by atoms with van der Waals surface area (Å²) >= 11 is 7.80. The highest BCUT2D eigenvalue weighted by Gasteiger charge is 2.05. The summed E-state index contributed by atoms with van der Waals surface area (Å²) in [5.74, 6) is 1.70. The van der Waals surface area contributed by atoms with Crippen molar-refractivity contribution in [2.75, 3.05) is 18.9 Å². The number of nitrogens with zero attached hydrogens (tertiary/aromatic N) is 1. The van der Waals surface area contributed by atoms with Crippen LogP contribution in [0.25, 0.3) is 0 Å². The highest BCUT2D eigenvalue weighted by atomic mass is 35.5. The molecule has 0 radical (unpaired) electrons. The number of rotatable bonds is 4.